The van der Waals surface area contributed by atoms with Crippen LogP contribution >= 0.6 is 0 Å². The summed E-state index contributed by atoms with van der Waals surface area (Å²) in [5.74, 6) is 0.352. The van der Waals surface area contributed by atoms with Gasteiger partial charge in [0.2, 0.25) is 0 Å². The maximum absolute atomic E-state index is 13.1. The Balaban J connectivity index is 5.34. The molecule has 1 unspecified atom stereocenters. The third-order valence-electron chi connectivity index (χ3n) is 5.04. The summed E-state index contributed by atoms with van der Waals surface area (Å²) in [4.78, 5) is 13.1. The zero-order chi connectivity index (χ0) is 17.6. The maximum atomic E-state index is 13.1. The quantitative estimate of drug-likeness (QED) is 0.462. The number of unbranched alkanes of at least 4 members (excludes halogenated alkanes) is 1. The van der Waals surface area contributed by atoms with Crippen LogP contribution in [-0.4, -0.2) is 11.6 Å². The van der Waals surface area contributed by atoms with Crippen LogP contribution < -0.4 is 0 Å². The first-order chi connectivity index (χ1) is 9.96. The van der Waals surface area contributed by atoms with Crippen molar-refractivity contribution >= 4 is 5.97 Å². The van der Waals surface area contributed by atoms with Gasteiger partial charge < -0.3 is 4.74 Å². The topological polar surface area (TPSA) is 26.3 Å². The molecule has 0 aliphatic heterocycles. The Morgan fingerprint density at radius 2 is 1.50 bits per heavy atom. The van der Waals surface area contributed by atoms with E-state index in [9.17, 15) is 4.79 Å². The van der Waals surface area contributed by atoms with Crippen molar-refractivity contribution in [2.45, 2.75) is 106 Å². The highest BCUT2D eigenvalue weighted by Crippen LogP contribution is 2.41. The Morgan fingerprint density at radius 3 is 1.82 bits per heavy atom. The van der Waals surface area contributed by atoms with Crippen molar-refractivity contribution in [3.8, 4) is 0 Å². The first-order valence-electron chi connectivity index (χ1n) is 9.19. The summed E-state index contributed by atoms with van der Waals surface area (Å²) in [7, 11) is 0. The first kappa shape index (κ1) is 21.5. The summed E-state index contributed by atoms with van der Waals surface area (Å²) in [6.45, 7) is 19.5. The van der Waals surface area contributed by atoms with Crippen LogP contribution in [0.2, 0.25) is 0 Å². The molecular formula is C20H40O2. The lowest BCUT2D eigenvalue weighted by Crippen LogP contribution is -2.44. The van der Waals surface area contributed by atoms with Gasteiger partial charge in [0, 0.05) is 0 Å². The van der Waals surface area contributed by atoms with Crippen LogP contribution in [0.1, 0.15) is 101 Å². The summed E-state index contributed by atoms with van der Waals surface area (Å²) in [5.41, 5.74) is -0.568. The molecule has 0 heterocycles. The van der Waals surface area contributed by atoms with Crippen molar-refractivity contribution in [2.75, 3.05) is 0 Å². The van der Waals surface area contributed by atoms with E-state index in [1.807, 2.05) is 0 Å². The van der Waals surface area contributed by atoms with Crippen molar-refractivity contribution in [2.24, 2.45) is 16.7 Å². The molecule has 132 valence electrons. The number of rotatable bonds is 9. The lowest BCUT2D eigenvalue weighted by atomic mass is 9.72. The normalized spacial score (nSPS) is 15.7. The number of esters is 1. The van der Waals surface area contributed by atoms with Gasteiger partial charge in [0.05, 0.1) is 5.41 Å². The molecule has 0 radical (unpaired) electrons. The van der Waals surface area contributed by atoms with Gasteiger partial charge in [0.25, 0.3) is 0 Å². The zero-order valence-corrected chi connectivity index (χ0v) is 16.6. The predicted octanol–water partition coefficient (Wildman–Crippen LogP) is 6.38. The number of carbonyl (C=O) groups is 1. The molecule has 0 N–H and O–H groups in total. The third kappa shape index (κ3) is 5.93. The molecule has 0 amide bonds. The molecule has 0 aromatic carbocycles. The molecule has 0 aromatic rings. The summed E-state index contributed by atoms with van der Waals surface area (Å²) >= 11 is 0. The monoisotopic (exact) mass is 312 g/mol. The van der Waals surface area contributed by atoms with Crippen molar-refractivity contribution in [1.29, 1.82) is 0 Å². The van der Waals surface area contributed by atoms with E-state index in [0.29, 0.717) is 5.92 Å². The zero-order valence-electron chi connectivity index (χ0n) is 16.6. The van der Waals surface area contributed by atoms with Gasteiger partial charge in [-0.3, -0.25) is 4.79 Å². The highest BCUT2D eigenvalue weighted by molar-refractivity contribution is 5.77. The van der Waals surface area contributed by atoms with Gasteiger partial charge in [-0.1, -0.05) is 68.2 Å². The largest absolute Gasteiger partial charge is 0.458 e. The number of carbonyl (C=O) groups excluding carboxylic acids is 1. The van der Waals surface area contributed by atoms with Gasteiger partial charge in [-0.05, 0) is 43.9 Å². The van der Waals surface area contributed by atoms with Crippen LogP contribution in [0.15, 0.2) is 0 Å². The minimum atomic E-state index is -0.376. The van der Waals surface area contributed by atoms with Gasteiger partial charge in [0.15, 0.2) is 0 Å². The van der Waals surface area contributed by atoms with Crippen LogP contribution in [0.5, 0.6) is 0 Å². The highest BCUT2D eigenvalue weighted by atomic mass is 16.6. The van der Waals surface area contributed by atoms with E-state index in [1.165, 1.54) is 0 Å². The molecule has 0 saturated heterocycles. The van der Waals surface area contributed by atoms with Gasteiger partial charge in [-0.25, -0.2) is 0 Å². The molecule has 0 aromatic heterocycles. The predicted molar refractivity (Wildman–Crippen MR) is 95.9 cm³/mol. The fraction of sp³-hybridized carbons (Fsp3) is 0.950. The Hall–Kier alpha value is -0.530. The molecule has 0 rings (SSSR count). The van der Waals surface area contributed by atoms with Crippen LogP contribution in [0.4, 0.5) is 0 Å². The summed E-state index contributed by atoms with van der Waals surface area (Å²) in [6, 6.07) is 0. The fourth-order valence-electron chi connectivity index (χ4n) is 3.64. The maximum Gasteiger partial charge on any atom is 0.312 e. The molecule has 0 saturated carbocycles. The average Bonchev–Trinajstić information content (AvgIpc) is 2.40. The van der Waals surface area contributed by atoms with E-state index < -0.39 is 0 Å². The van der Waals surface area contributed by atoms with Crippen molar-refractivity contribution in [1.82, 2.24) is 0 Å². The minimum Gasteiger partial charge on any atom is -0.458 e. The fourth-order valence-corrected chi connectivity index (χ4v) is 3.64. The smallest absolute Gasteiger partial charge is 0.312 e. The van der Waals surface area contributed by atoms with E-state index in [2.05, 4.69) is 62.3 Å². The second-order valence-electron chi connectivity index (χ2n) is 8.72. The SMILES string of the molecule is CCCCC(C)(CC(C)(C)C)C(=O)OC(CC)(CC)C(C)C. The lowest BCUT2D eigenvalue weighted by molar-refractivity contribution is -0.180. The molecule has 22 heavy (non-hydrogen) atoms. The third-order valence-corrected chi connectivity index (χ3v) is 5.04. The summed E-state index contributed by atoms with van der Waals surface area (Å²) in [5, 5.41) is 0. The number of hydrogen-bond donors (Lipinski definition) is 0. The average molecular weight is 313 g/mol. The molecule has 0 aliphatic carbocycles. The Bertz CT molecular complexity index is 334. The second-order valence-corrected chi connectivity index (χ2v) is 8.72. The van der Waals surface area contributed by atoms with Crippen LogP contribution in [0.25, 0.3) is 0 Å². The molecule has 2 nitrogen and oxygen atoms in total. The molecule has 0 aliphatic rings. The Kier molecular flexibility index (Phi) is 8.16. The number of ether oxygens (including phenoxy) is 1. The van der Waals surface area contributed by atoms with E-state index >= 15 is 0 Å². The molecule has 0 spiro atoms. The molecule has 1 atom stereocenters. The molecule has 2 heteroatoms. The first-order valence-corrected chi connectivity index (χ1v) is 9.19. The van der Waals surface area contributed by atoms with E-state index in [4.69, 9.17) is 4.74 Å². The van der Waals surface area contributed by atoms with Crippen molar-refractivity contribution in [3.05, 3.63) is 0 Å². The Morgan fingerprint density at radius 1 is 1.00 bits per heavy atom. The van der Waals surface area contributed by atoms with E-state index in [0.717, 1.165) is 38.5 Å². The van der Waals surface area contributed by atoms with Crippen LogP contribution in [-0.2, 0) is 9.53 Å². The minimum absolute atomic E-state index is 0.00766. The summed E-state index contributed by atoms with van der Waals surface area (Å²) in [6.07, 6.45) is 5.75. The van der Waals surface area contributed by atoms with Crippen LogP contribution in [0, 0.1) is 16.7 Å². The van der Waals surface area contributed by atoms with Crippen molar-refractivity contribution in [3.63, 3.8) is 0 Å². The molecule has 0 bridgehead atoms. The molecule has 0 fully saturated rings. The van der Waals surface area contributed by atoms with Gasteiger partial charge in [0.1, 0.15) is 5.60 Å². The number of hydrogen-bond acceptors (Lipinski definition) is 2. The summed E-state index contributed by atoms with van der Waals surface area (Å²) < 4.78 is 6.17. The van der Waals surface area contributed by atoms with Gasteiger partial charge in [-0.2, -0.15) is 0 Å². The van der Waals surface area contributed by atoms with Gasteiger partial charge in [-0.15, -0.1) is 0 Å². The van der Waals surface area contributed by atoms with E-state index in [-0.39, 0.29) is 22.4 Å². The Labute approximate surface area is 139 Å². The lowest BCUT2D eigenvalue weighted by Gasteiger charge is -2.41. The second kappa shape index (κ2) is 8.36. The van der Waals surface area contributed by atoms with Crippen LogP contribution in [0.3, 0.4) is 0 Å². The van der Waals surface area contributed by atoms with Crippen molar-refractivity contribution < 1.29 is 9.53 Å². The standard InChI is InChI=1S/C20H40O2/c1-10-13-14-19(9,15-18(6,7)8)17(21)22-20(11-2,12-3)16(4)5/h16H,10-15H2,1-9H3. The van der Waals surface area contributed by atoms with E-state index in [1.54, 1.807) is 0 Å². The molecular weight excluding hydrogens is 272 g/mol. The highest BCUT2D eigenvalue weighted by Gasteiger charge is 2.43. The van der Waals surface area contributed by atoms with Gasteiger partial charge >= 0.3 is 5.97 Å².